The lowest BCUT2D eigenvalue weighted by Crippen LogP contribution is -2.37. The number of hydrogen-bond acceptors (Lipinski definition) is 8. The standard InChI is InChI=1S/C26H22N6O5/c1-30-22-21(23(33)31(2)26(30)35)32(16-18-7-4-3-5-8-18)25(28-22)29-27-15-17-10-12-19(13-11-17)37-24(34)20-9-6-14-36-20/h3-15H,16H2,1-2H3,(H,28,29)/b27-15-. The molecule has 3 heterocycles. The number of fused-ring (bicyclic) bond motifs is 1. The van der Waals surface area contributed by atoms with E-state index in [1.54, 1.807) is 48.2 Å². The first-order chi connectivity index (χ1) is 17.9. The van der Waals surface area contributed by atoms with Crippen LogP contribution >= 0.6 is 0 Å². The number of rotatable bonds is 7. The number of carbonyl (C=O) groups is 1. The number of nitrogens with one attached hydrogen (secondary N) is 1. The maximum Gasteiger partial charge on any atom is 0.379 e. The van der Waals surface area contributed by atoms with E-state index >= 15 is 0 Å². The van der Waals surface area contributed by atoms with Gasteiger partial charge in [-0.1, -0.05) is 30.3 Å². The number of aryl methyl sites for hydroxylation is 1. The SMILES string of the molecule is Cn1c(=O)c2c(nc(N/N=C\c3ccc(OC(=O)c4ccco4)cc3)n2Cc2ccccc2)n(C)c1=O. The summed E-state index contributed by atoms with van der Waals surface area (Å²) in [7, 11) is 3.00. The fraction of sp³-hybridized carbons (Fsp3) is 0.115. The monoisotopic (exact) mass is 498 g/mol. The second-order valence-corrected chi connectivity index (χ2v) is 8.19. The molecule has 0 fully saturated rings. The maximum absolute atomic E-state index is 13.0. The summed E-state index contributed by atoms with van der Waals surface area (Å²) in [5, 5.41) is 4.27. The highest BCUT2D eigenvalue weighted by Crippen LogP contribution is 2.18. The molecular formula is C26H22N6O5. The van der Waals surface area contributed by atoms with E-state index in [0.717, 1.165) is 15.7 Å². The minimum absolute atomic E-state index is 0.112. The van der Waals surface area contributed by atoms with E-state index in [4.69, 9.17) is 9.15 Å². The molecule has 11 nitrogen and oxygen atoms in total. The summed E-state index contributed by atoms with van der Waals surface area (Å²) in [6.45, 7) is 0.346. The number of furan rings is 1. The molecule has 0 atom stereocenters. The Labute approximate surface area is 209 Å². The third-order valence-corrected chi connectivity index (χ3v) is 5.72. The molecule has 0 aliphatic carbocycles. The van der Waals surface area contributed by atoms with Gasteiger partial charge in [0, 0.05) is 14.1 Å². The summed E-state index contributed by atoms with van der Waals surface area (Å²) in [6.07, 6.45) is 2.95. The van der Waals surface area contributed by atoms with Gasteiger partial charge in [0.05, 0.1) is 19.0 Å². The van der Waals surface area contributed by atoms with Crippen LogP contribution in [0.4, 0.5) is 5.95 Å². The molecule has 0 unspecified atom stereocenters. The van der Waals surface area contributed by atoms with Crippen molar-refractivity contribution in [3.05, 3.63) is 111 Å². The minimum atomic E-state index is -0.592. The van der Waals surface area contributed by atoms with E-state index in [9.17, 15) is 14.4 Å². The first kappa shape index (κ1) is 23.5. The number of hydrazone groups is 1. The molecule has 37 heavy (non-hydrogen) atoms. The smallest absolute Gasteiger partial charge is 0.379 e. The molecule has 0 spiro atoms. The van der Waals surface area contributed by atoms with E-state index in [1.807, 2.05) is 30.3 Å². The first-order valence-electron chi connectivity index (χ1n) is 11.3. The van der Waals surface area contributed by atoms with Crippen molar-refractivity contribution in [2.75, 3.05) is 5.43 Å². The van der Waals surface area contributed by atoms with Crippen LogP contribution in [0.1, 0.15) is 21.7 Å². The Morgan fingerprint density at radius 1 is 1.03 bits per heavy atom. The molecule has 5 aromatic rings. The van der Waals surface area contributed by atoms with Gasteiger partial charge in [-0.05, 0) is 47.5 Å². The number of aromatic nitrogens is 4. The maximum atomic E-state index is 13.0. The lowest BCUT2D eigenvalue weighted by Gasteiger charge is -2.09. The Bertz CT molecular complexity index is 1710. The van der Waals surface area contributed by atoms with Crippen molar-refractivity contribution < 1.29 is 13.9 Å². The summed E-state index contributed by atoms with van der Waals surface area (Å²) in [6, 6.07) is 19.4. The lowest BCUT2D eigenvalue weighted by atomic mass is 10.2. The highest BCUT2D eigenvalue weighted by Gasteiger charge is 2.19. The van der Waals surface area contributed by atoms with E-state index < -0.39 is 17.2 Å². The van der Waals surface area contributed by atoms with Crippen LogP contribution < -0.4 is 21.4 Å². The highest BCUT2D eigenvalue weighted by molar-refractivity contribution is 5.88. The Morgan fingerprint density at radius 2 is 1.78 bits per heavy atom. The van der Waals surface area contributed by atoms with Crippen molar-refractivity contribution in [1.82, 2.24) is 18.7 Å². The second-order valence-electron chi connectivity index (χ2n) is 8.19. The lowest BCUT2D eigenvalue weighted by molar-refractivity contribution is 0.0701. The first-order valence-corrected chi connectivity index (χ1v) is 11.3. The minimum Gasteiger partial charge on any atom is -0.457 e. The van der Waals surface area contributed by atoms with Gasteiger partial charge in [-0.25, -0.2) is 15.0 Å². The van der Waals surface area contributed by atoms with Crippen LogP contribution in [0, 0.1) is 0 Å². The Kier molecular flexibility index (Phi) is 6.25. The summed E-state index contributed by atoms with van der Waals surface area (Å²) >= 11 is 0. The molecule has 0 amide bonds. The number of imidazole rings is 1. The van der Waals surface area contributed by atoms with Gasteiger partial charge in [0.15, 0.2) is 11.2 Å². The number of ether oxygens (including phenoxy) is 1. The summed E-state index contributed by atoms with van der Waals surface area (Å²) in [5.74, 6) is 0.178. The van der Waals surface area contributed by atoms with Crippen LogP contribution in [0.25, 0.3) is 11.2 Å². The average molecular weight is 498 g/mol. The fourth-order valence-electron chi connectivity index (χ4n) is 3.79. The van der Waals surface area contributed by atoms with Crippen molar-refractivity contribution in [1.29, 1.82) is 0 Å². The molecule has 2 aromatic carbocycles. The van der Waals surface area contributed by atoms with E-state index in [0.29, 0.717) is 18.2 Å². The number of nitrogens with zero attached hydrogens (tertiary/aromatic N) is 5. The molecule has 5 rings (SSSR count). The average Bonchev–Trinajstić information content (AvgIpc) is 3.57. The van der Waals surface area contributed by atoms with Gasteiger partial charge in [-0.15, -0.1) is 0 Å². The zero-order valence-corrected chi connectivity index (χ0v) is 20.0. The van der Waals surface area contributed by atoms with Crippen molar-refractivity contribution in [3.8, 4) is 5.75 Å². The summed E-state index contributed by atoms with van der Waals surface area (Å²) in [5.41, 5.74) is 4.19. The Morgan fingerprint density at radius 3 is 2.49 bits per heavy atom. The van der Waals surface area contributed by atoms with Gasteiger partial charge < -0.3 is 9.15 Å². The van der Waals surface area contributed by atoms with Crippen molar-refractivity contribution in [2.45, 2.75) is 6.54 Å². The summed E-state index contributed by atoms with van der Waals surface area (Å²) in [4.78, 5) is 41.9. The van der Waals surface area contributed by atoms with E-state index in [2.05, 4.69) is 15.5 Å². The normalized spacial score (nSPS) is 11.3. The number of anilines is 1. The molecule has 0 aliphatic heterocycles. The van der Waals surface area contributed by atoms with Gasteiger partial charge in [0.2, 0.25) is 11.7 Å². The van der Waals surface area contributed by atoms with E-state index in [-0.39, 0.29) is 16.9 Å². The fourth-order valence-corrected chi connectivity index (χ4v) is 3.79. The molecule has 0 saturated carbocycles. The van der Waals surface area contributed by atoms with Crippen molar-refractivity contribution >= 4 is 29.3 Å². The number of esters is 1. The zero-order chi connectivity index (χ0) is 25.9. The van der Waals surface area contributed by atoms with Gasteiger partial charge in [0.1, 0.15) is 5.75 Å². The quantitative estimate of drug-likeness (QED) is 0.158. The summed E-state index contributed by atoms with van der Waals surface area (Å²) < 4.78 is 14.4. The van der Waals surface area contributed by atoms with Crippen molar-refractivity contribution in [2.24, 2.45) is 19.2 Å². The van der Waals surface area contributed by atoms with Crippen LogP contribution in [0.2, 0.25) is 0 Å². The Hall–Kier alpha value is -5.19. The molecule has 1 N–H and O–H groups in total. The number of hydrogen-bond donors (Lipinski definition) is 1. The third kappa shape index (κ3) is 4.69. The molecule has 11 heteroatoms. The van der Waals surface area contributed by atoms with Crippen LogP contribution in [0.5, 0.6) is 5.75 Å². The van der Waals surface area contributed by atoms with E-state index in [1.165, 1.54) is 23.9 Å². The second kappa shape index (κ2) is 9.82. The largest absolute Gasteiger partial charge is 0.457 e. The van der Waals surface area contributed by atoms with Gasteiger partial charge in [-0.3, -0.25) is 18.5 Å². The predicted octanol–water partition coefficient (Wildman–Crippen LogP) is 2.74. The predicted molar refractivity (Wildman–Crippen MR) is 137 cm³/mol. The molecule has 0 bridgehead atoms. The van der Waals surface area contributed by atoms with Gasteiger partial charge >= 0.3 is 11.7 Å². The van der Waals surface area contributed by atoms with Crippen LogP contribution in [0.15, 0.2) is 92.1 Å². The third-order valence-electron chi connectivity index (χ3n) is 5.72. The van der Waals surface area contributed by atoms with Crippen molar-refractivity contribution in [3.63, 3.8) is 0 Å². The van der Waals surface area contributed by atoms with Gasteiger partial charge in [-0.2, -0.15) is 10.1 Å². The zero-order valence-electron chi connectivity index (χ0n) is 20.0. The molecule has 0 aliphatic rings. The van der Waals surface area contributed by atoms with Gasteiger partial charge in [0.25, 0.3) is 5.56 Å². The Balaban J connectivity index is 1.41. The van der Waals surface area contributed by atoms with Crippen LogP contribution in [0.3, 0.4) is 0 Å². The molecule has 3 aromatic heterocycles. The van der Waals surface area contributed by atoms with Crippen LogP contribution in [-0.2, 0) is 20.6 Å². The molecule has 0 saturated heterocycles. The van der Waals surface area contributed by atoms with Crippen LogP contribution in [-0.4, -0.2) is 30.9 Å². The molecular weight excluding hydrogens is 476 g/mol. The highest BCUT2D eigenvalue weighted by atomic mass is 16.5. The molecule has 186 valence electrons. The number of carbonyl (C=O) groups excluding carboxylic acids is 1. The topological polar surface area (TPSA) is 126 Å². The molecule has 0 radical (unpaired) electrons. The number of benzene rings is 2.